The molecule has 2 N–H and O–H groups in total. The Bertz CT molecular complexity index is 624. The van der Waals surface area contributed by atoms with Crippen molar-refractivity contribution in [3.8, 4) is 0 Å². The average Bonchev–Trinajstić information content (AvgIpc) is 2.51. The molecule has 4 heteroatoms. The topological polar surface area (TPSA) is 58.2 Å². The van der Waals surface area contributed by atoms with Gasteiger partial charge in [-0.1, -0.05) is 48.0 Å². The number of carbonyl (C=O) groups excluding carboxylic acids is 2. The summed E-state index contributed by atoms with van der Waals surface area (Å²) in [5.74, 6) is -0.528. The van der Waals surface area contributed by atoms with Crippen LogP contribution >= 0.6 is 0 Å². The number of hydrogen-bond acceptors (Lipinski definition) is 2. The Kier molecular flexibility index (Phi) is 5.10. The zero-order valence-electron chi connectivity index (χ0n) is 11.9. The van der Waals surface area contributed by atoms with E-state index in [1.807, 2.05) is 31.2 Å². The molecule has 21 heavy (non-hydrogen) atoms. The molecule has 0 spiro atoms. The third-order valence-corrected chi connectivity index (χ3v) is 3.07. The van der Waals surface area contributed by atoms with Crippen molar-refractivity contribution in [1.29, 1.82) is 0 Å². The van der Waals surface area contributed by atoms with Crippen LogP contribution in [0.3, 0.4) is 0 Å². The first-order chi connectivity index (χ1) is 10.1. The fraction of sp³-hybridized carbons (Fsp3) is 0.176. The lowest BCUT2D eigenvalue weighted by atomic mass is 10.1. The van der Waals surface area contributed by atoms with Gasteiger partial charge in [0.1, 0.15) is 0 Å². The molecule has 4 nitrogen and oxygen atoms in total. The lowest BCUT2D eigenvalue weighted by molar-refractivity contribution is -0.121. The Morgan fingerprint density at radius 1 is 0.952 bits per heavy atom. The summed E-state index contributed by atoms with van der Waals surface area (Å²) in [7, 11) is 0. The van der Waals surface area contributed by atoms with Crippen molar-refractivity contribution in [2.24, 2.45) is 0 Å². The number of hydrazine groups is 1. The van der Waals surface area contributed by atoms with Gasteiger partial charge >= 0.3 is 0 Å². The van der Waals surface area contributed by atoms with Crippen molar-refractivity contribution in [3.63, 3.8) is 0 Å². The van der Waals surface area contributed by atoms with Crippen molar-refractivity contribution in [2.45, 2.75) is 19.8 Å². The Morgan fingerprint density at radius 3 is 2.43 bits per heavy atom. The van der Waals surface area contributed by atoms with E-state index in [4.69, 9.17) is 0 Å². The fourth-order valence-corrected chi connectivity index (χ4v) is 1.98. The van der Waals surface area contributed by atoms with Crippen molar-refractivity contribution in [2.75, 3.05) is 0 Å². The lowest BCUT2D eigenvalue weighted by Crippen LogP contribution is -2.41. The molecular formula is C17H18N2O2. The van der Waals surface area contributed by atoms with Crippen LogP contribution in [-0.4, -0.2) is 11.8 Å². The highest BCUT2D eigenvalue weighted by Crippen LogP contribution is 2.06. The van der Waals surface area contributed by atoms with Crippen LogP contribution in [0.1, 0.15) is 27.9 Å². The minimum absolute atomic E-state index is 0.208. The number of amides is 2. The van der Waals surface area contributed by atoms with Gasteiger partial charge in [0.05, 0.1) is 0 Å². The number of nitrogens with one attached hydrogen (secondary N) is 2. The molecule has 2 amide bonds. The van der Waals surface area contributed by atoms with Gasteiger partial charge in [0.2, 0.25) is 5.91 Å². The van der Waals surface area contributed by atoms with Crippen LogP contribution in [0.2, 0.25) is 0 Å². The van der Waals surface area contributed by atoms with Crippen molar-refractivity contribution in [1.82, 2.24) is 10.9 Å². The fourth-order valence-electron chi connectivity index (χ4n) is 1.98. The summed E-state index contributed by atoms with van der Waals surface area (Å²) in [5.41, 5.74) is 7.63. The van der Waals surface area contributed by atoms with Crippen LogP contribution in [0, 0.1) is 6.92 Å². The first-order valence-electron chi connectivity index (χ1n) is 6.85. The first kappa shape index (κ1) is 14.8. The van der Waals surface area contributed by atoms with Gasteiger partial charge in [-0.05, 0) is 31.0 Å². The smallest absolute Gasteiger partial charge is 0.269 e. The number of hydrogen-bond donors (Lipinski definition) is 2. The van der Waals surface area contributed by atoms with Crippen LogP contribution in [0.15, 0.2) is 54.6 Å². The molecule has 2 rings (SSSR count). The summed E-state index contributed by atoms with van der Waals surface area (Å²) >= 11 is 0. The average molecular weight is 282 g/mol. The molecule has 2 aromatic carbocycles. The van der Waals surface area contributed by atoms with Gasteiger partial charge < -0.3 is 0 Å². The van der Waals surface area contributed by atoms with E-state index in [0.717, 1.165) is 5.56 Å². The minimum Gasteiger partial charge on any atom is -0.273 e. The predicted molar refractivity (Wildman–Crippen MR) is 81.6 cm³/mol. The highest BCUT2D eigenvalue weighted by Gasteiger charge is 2.06. The summed E-state index contributed by atoms with van der Waals surface area (Å²) in [4.78, 5) is 23.5. The third-order valence-electron chi connectivity index (χ3n) is 3.07. The maximum absolute atomic E-state index is 11.7. The molecular weight excluding hydrogens is 264 g/mol. The molecule has 0 radical (unpaired) electrons. The highest BCUT2D eigenvalue weighted by atomic mass is 16.2. The van der Waals surface area contributed by atoms with Gasteiger partial charge in [-0.25, -0.2) is 0 Å². The van der Waals surface area contributed by atoms with Crippen molar-refractivity contribution >= 4 is 11.8 Å². The van der Waals surface area contributed by atoms with E-state index in [-0.39, 0.29) is 11.8 Å². The second-order valence-corrected chi connectivity index (χ2v) is 4.86. The van der Waals surface area contributed by atoms with Gasteiger partial charge in [0.25, 0.3) is 5.91 Å². The highest BCUT2D eigenvalue weighted by molar-refractivity contribution is 5.95. The molecule has 0 bridgehead atoms. The van der Waals surface area contributed by atoms with E-state index >= 15 is 0 Å². The molecule has 2 aromatic rings. The largest absolute Gasteiger partial charge is 0.273 e. The van der Waals surface area contributed by atoms with E-state index in [1.165, 1.54) is 5.56 Å². The van der Waals surface area contributed by atoms with Crippen LogP contribution in [0.25, 0.3) is 0 Å². The van der Waals surface area contributed by atoms with Crippen LogP contribution in [0.4, 0.5) is 0 Å². The van der Waals surface area contributed by atoms with Gasteiger partial charge in [-0.3, -0.25) is 20.4 Å². The Labute approximate surface area is 124 Å². The summed E-state index contributed by atoms with van der Waals surface area (Å²) in [6, 6.07) is 16.8. The molecule has 0 aromatic heterocycles. The van der Waals surface area contributed by atoms with Gasteiger partial charge in [0.15, 0.2) is 0 Å². The van der Waals surface area contributed by atoms with Gasteiger partial charge in [-0.15, -0.1) is 0 Å². The first-order valence-corrected chi connectivity index (χ1v) is 6.85. The zero-order valence-corrected chi connectivity index (χ0v) is 11.9. The number of aryl methyl sites for hydroxylation is 2. The van der Waals surface area contributed by atoms with E-state index in [0.29, 0.717) is 18.4 Å². The quantitative estimate of drug-likeness (QED) is 0.846. The standard InChI is InChI=1S/C17H18N2O2/c1-13-6-5-7-14(12-13)10-11-16(20)18-19-17(21)15-8-3-2-4-9-15/h2-9,12H,10-11H2,1H3,(H,18,20)(H,19,21). The Morgan fingerprint density at radius 2 is 1.71 bits per heavy atom. The Balaban J connectivity index is 1.76. The van der Waals surface area contributed by atoms with Gasteiger partial charge in [-0.2, -0.15) is 0 Å². The zero-order chi connectivity index (χ0) is 15.1. The number of benzene rings is 2. The molecule has 0 unspecified atom stereocenters. The van der Waals surface area contributed by atoms with E-state index in [1.54, 1.807) is 24.3 Å². The SMILES string of the molecule is Cc1cccc(CCC(=O)NNC(=O)c2ccccc2)c1. The maximum Gasteiger partial charge on any atom is 0.269 e. The second-order valence-electron chi connectivity index (χ2n) is 4.86. The molecule has 0 saturated heterocycles. The second kappa shape index (κ2) is 7.24. The summed E-state index contributed by atoms with van der Waals surface area (Å²) in [6.07, 6.45) is 0.979. The third kappa shape index (κ3) is 4.76. The molecule has 0 aliphatic heterocycles. The number of carbonyl (C=O) groups is 2. The Hall–Kier alpha value is -2.62. The number of rotatable bonds is 4. The normalized spacial score (nSPS) is 9.95. The monoisotopic (exact) mass is 282 g/mol. The van der Waals surface area contributed by atoms with Gasteiger partial charge in [0, 0.05) is 12.0 Å². The molecule has 0 atom stereocenters. The molecule has 108 valence electrons. The van der Waals surface area contributed by atoms with Crippen LogP contribution in [-0.2, 0) is 11.2 Å². The summed E-state index contributed by atoms with van der Waals surface area (Å²) in [6.45, 7) is 2.02. The van der Waals surface area contributed by atoms with E-state index in [2.05, 4.69) is 16.9 Å². The molecule has 0 fully saturated rings. The molecule has 0 aliphatic carbocycles. The molecule has 0 saturated carbocycles. The van der Waals surface area contributed by atoms with E-state index < -0.39 is 0 Å². The summed E-state index contributed by atoms with van der Waals surface area (Å²) in [5, 5.41) is 0. The predicted octanol–water partition coefficient (Wildman–Crippen LogP) is 2.39. The lowest BCUT2D eigenvalue weighted by Gasteiger charge is -2.07. The minimum atomic E-state index is -0.320. The van der Waals surface area contributed by atoms with Crippen molar-refractivity contribution < 1.29 is 9.59 Å². The van der Waals surface area contributed by atoms with Crippen LogP contribution in [0.5, 0.6) is 0 Å². The molecule has 0 aliphatic rings. The maximum atomic E-state index is 11.7. The van der Waals surface area contributed by atoms with E-state index in [9.17, 15) is 9.59 Å². The summed E-state index contributed by atoms with van der Waals surface area (Å²) < 4.78 is 0. The molecule has 0 heterocycles. The van der Waals surface area contributed by atoms with Crippen molar-refractivity contribution in [3.05, 3.63) is 71.3 Å². The van der Waals surface area contributed by atoms with Crippen LogP contribution < -0.4 is 10.9 Å².